The lowest BCUT2D eigenvalue weighted by molar-refractivity contribution is 0.0563. The summed E-state index contributed by atoms with van der Waals surface area (Å²) in [7, 11) is -2.19. The lowest BCUT2D eigenvalue weighted by Gasteiger charge is -2.37. The molecule has 9 heteroatoms. The number of rotatable bonds is 6. The Morgan fingerprint density at radius 3 is 2.69 bits per heavy atom. The van der Waals surface area contributed by atoms with Crippen molar-refractivity contribution in [2.45, 2.75) is 50.2 Å². The maximum Gasteiger partial charge on any atom is 0.253 e. The minimum absolute atomic E-state index is 0.0835. The molecule has 0 spiro atoms. The maximum atomic E-state index is 13.6. The summed E-state index contributed by atoms with van der Waals surface area (Å²) in [6.07, 6.45) is 7.91. The predicted molar refractivity (Wildman–Crippen MR) is 133 cm³/mol. The minimum atomic E-state index is -3.90. The molecule has 1 aliphatic heterocycles. The molecule has 0 fully saturated rings. The van der Waals surface area contributed by atoms with E-state index in [0.717, 1.165) is 24.8 Å². The van der Waals surface area contributed by atoms with Crippen LogP contribution in [-0.2, 0) is 10.0 Å². The maximum absolute atomic E-state index is 13.6. The molecule has 1 amide bonds. The molecule has 1 aromatic heterocycles. The molecule has 0 saturated heterocycles. The third-order valence-corrected chi connectivity index (χ3v) is 8.83. The number of pyridine rings is 1. The summed E-state index contributed by atoms with van der Waals surface area (Å²) in [5, 5.41) is 9.81. The van der Waals surface area contributed by atoms with Crippen molar-refractivity contribution in [1.82, 2.24) is 14.2 Å². The predicted octanol–water partition coefficient (Wildman–Crippen LogP) is 3.19. The molecular formula is C26H33N3O5S. The minimum Gasteiger partial charge on any atom is -0.487 e. The number of aliphatic hydroxyl groups excluding tert-OH is 1. The van der Waals surface area contributed by atoms with Crippen LogP contribution in [0.5, 0.6) is 5.75 Å². The van der Waals surface area contributed by atoms with Gasteiger partial charge in [0.05, 0.1) is 13.2 Å². The van der Waals surface area contributed by atoms with Gasteiger partial charge in [-0.15, -0.1) is 0 Å². The number of amides is 1. The van der Waals surface area contributed by atoms with E-state index < -0.39 is 22.2 Å². The van der Waals surface area contributed by atoms with E-state index in [1.165, 1.54) is 9.88 Å². The lowest BCUT2D eigenvalue weighted by Crippen LogP contribution is -2.50. The molecule has 1 N–H and O–H groups in total. The largest absolute Gasteiger partial charge is 0.487 e. The SMILES string of the molecule is C[C@@H]1CN([C@@H](C)CO)S(=O)(=O)c2ccc(C3=CCCC3)cc2O[C@H]1CN(C)C(=O)c1ccncc1. The van der Waals surface area contributed by atoms with E-state index in [-0.39, 0.29) is 42.2 Å². The third kappa shape index (κ3) is 5.27. The summed E-state index contributed by atoms with van der Waals surface area (Å²) in [5.74, 6) is -0.121. The van der Waals surface area contributed by atoms with E-state index in [2.05, 4.69) is 11.1 Å². The van der Waals surface area contributed by atoms with Gasteiger partial charge in [-0.3, -0.25) is 9.78 Å². The first-order valence-electron chi connectivity index (χ1n) is 12.0. The van der Waals surface area contributed by atoms with Crippen LogP contribution in [0.4, 0.5) is 0 Å². The van der Waals surface area contributed by atoms with Crippen molar-refractivity contribution in [3.63, 3.8) is 0 Å². The fourth-order valence-electron chi connectivity index (χ4n) is 4.64. The molecule has 2 aliphatic rings. The average molecular weight is 500 g/mol. The Hall–Kier alpha value is -2.75. The highest BCUT2D eigenvalue weighted by molar-refractivity contribution is 7.89. The number of carbonyl (C=O) groups excluding carboxylic acids is 1. The number of nitrogens with zero attached hydrogens (tertiary/aromatic N) is 3. The van der Waals surface area contributed by atoms with Crippen LogP contribution >= 0.6 is 0 Å². The van der Waals surface area contributed by atoms with Crippen molar-refractivity contribution < 1.29 is 23.1 Å². The summed E-state index contributed by atoms with van der Waals surface area (Å²) in [5.41, 5.74) is 2.66. The van der Waals surface area contributed by atoms with Gasteiger partial charge in [0.25, 0.3) is 5.91 Å². The zero-order valence-corrected chi connectivity index (χ0v) is 21.2. The monoisotopic (exact) mass is 499 g/mol. The first-order valence-corrected chi connectivity index (χ1v) is 13.4. The van der Waals surface area contributed by atoms with Gasteiger partial charge in [0.2, 0.25) is 10.0 Å². The molecule has 188 valence electrons. The van der Waals surface area contributed by atoms with Crippen molar-refractivity contribution in [1.29, 1.82) is 0 Å². The molecule has 4 rings (SSSR count). The van der Waals surface area contributed by atoms with E-state index in [1.54, 1.807) is 49.5 Å². The molecule has 8 nitrogen and oxygen atoms in total. The highest BCUT2D eigenvalue weighted by atomic mass is 32.2. The van der Waals surface area contributed by atoms with Gasteiger partial charge >= 0.3 is 0 Å². The zero-order chi connectivity index (χ0) is 25.2. The summed E-state index contributed by atoms with van der Waals surface area (Å²) >= 11 is 0. The van der Waals surface area contributed by atoms with Gasteiger partial charge in [-0.25, -0.2) is 8.42 Å². The first-order chi connectivity index (χ1) is 16.7. The van der Waals surface area contributed by atoms with Crippen LogP contribution in [0.15, 0.2) is 53.7 Å². The van der Waals surface area contributed by atoms with Crippen molar-refractivity contribution >= 4 is 21.5 Å². The van der Waals surface area contributed by atoms with Crippen molar-refractivity contribution in [3.05, 3.63) is 59.9 Å². The molecule has 0 bridgehead atoms. The summed E-state index contributed by atoms with van der Waals surface area (Å²) in [4.78, 5) is 18.6. The molecule has 35 heavy (non-hydrogen) atoms. The van der Waals surface area contributed by atoms with Crippen LogP contribution in [0.3, 0.4) is 0 Å². The lowest BCUT2D eigenvalue weighted by atomic mass is 10.0. The van der Waals surface area contributed by atoms with Gasteiger partial charge in [0, 0.05) is 43.5 Å². The van der Waals surface area contributed by atoms with E-state index in [9.17, 15) is 18.3 Å². The zero-order valence-electron chi connectivity index (χ0n) is 20.4. The normalized spacial score (nSPS) is 22.8. The van der Waals surface area contributed by atoms with E-state index in [4.69, 9.17) is 4.74 Å². The van der Waals surface area contributed by atoms with E-state index >= 15 is 0 Å². The fraction of sp³-hybridized carbons (Fsp3) is 0.462. The van der Waals surface area contributed by atoms with Gasteiger partial charge < -0.3 is 14.7 Å². The van der Waals surface area contributed by atoms with Crippen LogP contribution in [0.2, 0.25) is 0 Å². The number of allylic oxidation sites excluding steroid dienone is 2. The van der Waals surface area contributed by atoms with Crippen LogP contribution in [0.1, 0.15) is 49.0 Å². The van der Waals surface area contributed by atoms with E-state index in [0.29, 0.717) is 5.56 Å². The average Bonchev–Trinajstić information content (AvgIpc) is 3.40. The standard InChI is InChI=1S/C26H33N3O5S/c1-18-15-29(19(2)17-30)35(32,33)25-9-8-22(20-6-4-5-7-20)14-23(25)34-24(18)16-28(3)26(31)21-10-12-27-13-11-21/h6,8-14,18-19,24,30H,4-5,7,15-17H2,1-3H3/t18-,19+,24+/m1/s1. The molecule has 0 saturated carbocycles. The number of fused-ring (bicyclic) bond motifs is 1. The van der Waals surface area contributed by atoms with Gasteiger partial charge in [0.1, 0.15) is 16.7 Å². The molecular weight excluding hydrogens is 466 g/mol. The molecule has 0 radical (unpaired) electrons. The smallest absolute Gasteiger partial charge is 0.253 e. The quantitative estimate of drug-likeness (QED) is 0.655. The van der Waals surface area contributed by atoms with Crippen LogP contribution in [0, 0.1) is 5.92 Å². The van der Waals surface area contributed by atoms with Gasteiger partial charge in [0.15, 0.2) is 0 Å². The Balaban J connectivity index is 1.72. The second-order valence-electron chi connectivity index (χ2n) is 9.44. The number of benzene rings is 1. The number of ether oxygens (including phenoxy) is 1. The molecule has 0 unspecified atom stereocenters. The summed E-state index contributed by atoms with van der Waals surface area (Å²) in [6, 6.07) is 7.97. The van der Waals surface area contributed by atoms with Crippen molar-refractivity contribution in [3.8, 4) is 5.75 Å². The van der Waals surface area contributed by atoms with Crippen LogP contribution in [0.25, 0.3) is 5.57 Å². The Kier molecular flexibility index (Phi) is 7.59. The number of likely N-dealkylation sites (N-methyl/N-ethyl adjacent to an activating group) is 1. The number of aromatic nitrogens is 1. The first kappa shape index (κ1) is 25.3. The number of sulfonamides is 1. The number of carbonyl (C=O) groups is 1. The highest BCUT2D eigenvalue weighted by Crippen LogP contribution is 2.37. The van der Waals surface area contributed by atoms with Crippen molar-refractivity contribution in [2.75, 3.05) is 26.7 Å². The Morgan fingerprint density at radius 1 is 1.29 bits per heavy atom. The number of hydrogen-bond acceptors (Lipinski definition) is 6. The summed E-state index contributed by atoms with van der Waals surface area (Å²) < 4.78 is 35.0. The molecule has 3 atom stereocenters. The van der Waals surface area contributed by atoms with Crippen molar-refractivity contribution in [2.24, 2.45) is 5.92 Å². The third-order valence-electron chi connectivity index (χ3n) is 6.81. The van der Waals surface area contributed by atoms with Crippen LogP contribution < -0.4 is 4.74 Å². The van der Waals surface area contributed by atoms with Gasteiger partial charge in [-0.05, 0) is 61.6 Å². The topological polar surface area (TPSA) is 100 Å². The molecule has 1 aromatic carbocycles. The van der Waals surface area contributed by atoms with E-state index in [1.807, 2.05) is 19.1 Å². The second-order valence-corrected chi connectivity index (χ2v) is 11.3. The second kappa shape index (κ2) is 10.5. The molecule has 2 heterocycles. The molecule has 1 aliphatic carbocycles. The molecule has 2 aromatic rings. The Bertz CT molecular complexity index is 1200. The summed E-state index contributed by atoms with van der Waals surface area (Å²) in [6.45, 7) is 3.75. The van der Waals surface area contributed by atoms with Gasteiger partial charge in [-0.2, -0.15) is 4.31 Å². The Morgan fingerprint density at radius 2 is 2.03 bits per heavy atom. The van der Waals surface area contributed by atoms with Crippen LogP contribution in [-0.4, -0.2) is 72.5 Å². The number of hydrogen-bond donors (Lipinski definition) is 1. The number of aliphatic hydroxyl groups is 1. The fourth-order valence-corrected chi connectivity index (χ4v) is 6.47. The Labute approximate surface area is 207 Å². The highest BCUT2D eigenvalue weighted by Gasteiger charge is 2.38. The van der Waals surface area contributed by atoms with Gasteiger partial charge in [-0.1, -0.05) is 19.1 Å².